The van der Waals surface area contributed by atoms with Crippen LogP contribution in [0.3, 0.4) is 0 Å². The topological polar surface area (TPSA) is 32.5 Å². The van der Waals surface area contributed by atoms with Crippen LogP contribution >= 0.6 is 0 Å². The Balaban J connectivity index is 1.92. The van der Waals surface area contributed by atoms with Gasteiger partial charge in [0.2, 0.25) is 0 Å². The van der Waals surface area contributed by atoms with Crippen molar-refractivity contribution in [3.63, 3.8) is 0 Å². The van der Waals surface area contributed by atoms with Crippen molar-refractivity contribution in [3.05, 3.63) is 0 Å². The van der Waals surface area contributed by atoms with Gasteiger partial charge in [-0.05, 0) is 25.8 Å². The maximum absolute atomic E-state index is 6.18. The highest BCUT2D eigenvalue weighted by atomic mass is 15.3. The molecule has 0 spiro atoms. The zero-order valence-corrected chi connectivity index (χ0v) is 12.2. The molecule has 1 aliphatic carbocycles. The van der Waals surface area contributed by atoms with Crippen LogP contribution in [0, 0.1) is 0 Å². The van der Waals surface area contributed by atoms with E-state index in [9.17, 15) is 0 Å². The van der Waals surface area contributed by atoms with Gasteiger partial charge in [-0.3, -0.25) is 4.90 Å². The Kier molecular flexibility index (Phi) is 5.46. The molecule has 1 aliphatic heterocycles. The van der Waals surface area contributed by atoms with Crippen molar-refractivity contribution in [1.82, 2.24) is 9.80 Å². The maximum atomic E-state index is 6.18. The molecule has 2 aliphatic rings. The lowest BCUT2D eigenvalue weighted by Crippen LogP contribution is -2.60. The first-order valence-corrected chi connectivity index (χ1v) is 7.98. The van der Waals surface area contributed by atoms with Crippen LogP contribution in [0.15, 0.2) is 0 Å². The molecule has 2 fully saturated rings. The first-order valence-electron chi connectivity index (χ1n) is 7.98. The molecule has 1 saturated carbocycles. The second-order valence-corrected chi connectivity index (χ2v) is 6.17. The summed E-state index contributed by atoms with van der Waals surface area (Å²) in [6, 6.07) is 0. The van der Waals surface area contributed by atoms with Gasteiger partial charge in [0.05, 0.1) is 0 Å². The van der Waals surface area contributed by atoms with E-state index < -0.39 is 0 Å². The monoisotopic (exact) mass is 253 g/mol. The van der Waals surface area contributed by atoms with Crippen molar-refractivity contribution in [2.24, 2.45) is 5.73 Å². The number of piperazine rings is 1. The molecule has 0 radical (unpaired) electrons. The van der Waals surface area contributed by atoms with E-state index in [0.29, 0.717) is 5.54 Å². The molecule has 1 heterocycles. The Hall–Kier alpha value is -0.120. The standard InChI is InChI=1S/C15H31N3/c1-2-9-17-10-12-18(13-11-17)15(14-16)7-5-3-4-6-8-15/h2-14,16H2,1H3. The number of nitrogens with zero attached hydrogens (tertiary/aromatic N) is 2. The van der Waals surface area contributed by atoms with E-state index in [2.05, 4.69) is 16.7 Å². The number of nitrogens with two attached hydrogens (primary N) is 1. The van der Waals surface area contributed by atoms with Crippen LogP contribution in [-0.2, 0) is 0 Å². The molecule has 3 nitrogen and oxygen atoms in total. The SMILES string of the molecule is CCCN1CCN(C2(CN)CCCCCC2)CC1. The third-order valence-corrected chi connectivity index (χ3v) is 5.00. The van der Waals surface area contributed by atoms with Gasteiger partial charge in [0, 0.05) is 38.3 Å². The highest BCUT2D eigenvalue weighted by Crippen LogP contribution is 2.32. The summed E-state index contributed by atoms with van der Waals surface area (Å²) in [5.41, 5.74) is 6.52. The van der Waals surface area contributed by atoms with Crippen molar-refractivity contribution in [1.29, 1.82) is 0 Å². The molecule has 3 heteroatoms. The molecule has 0 aromatic rings. The van der Waals surface area contributed by atoms with Gasteiger partial charge in [0.25, 0.3) is 0 Å². The fraction of sp³-hybridized carbons (Fsp3) is 1.00. The highest BCUT2D eigenvalue weighted by molar-refractivity contribution is 4.95. The number of hydrogen-bond acceptors (Lipinski definition) is 3. The molecule has 0 atom stereocenters. The van der Waals surface area contributed by atoms with Gasteiger partial charge in [-0.25, -0.2) is 0 Å². The highest BCUT2D eigenvalue weighted by Gasteiger charge is 2.37. The second-order valence-electron chi connectivity index (χ2n) is 6.17. The molecule has 2 N–H and O–H groups in total. The van der Waals surface area contributed by atoms with Crippen molar-refractivity contribution in [3.8, 4) is 0 Å². The van der Waals surface area contributed by atoms with Crippen LogP contribution < -0.4 is 5.73 Å². The lowest BCUT2D eigenvalue weighted by Gasteiger charge is -2.47. The molecule has 1 saturated heterocycles. The molecule has 0 aromatic heterocycles. The number of rotatable bonds is 4. The van der Waals surface area contributed by atoms with Gasteiger partial charge in [-0.15, -0.1) is 0 Å². The summed E-state index contributed by atoms with van der Waals surface area (Å²) in [6.07, 6.45) is 9.53. The van der Waals surface area contributed by atoms with E-state index in [0.717, 1.165) is 6.54 Å². The van der Waals surface area contributed by atoms with Crippen LogP contribution in [0.2, 0.25) is 0 Å². The van der Waals surface area contributed by atoms with Gasteiger partial charge in [-0.1, -0.05) is 32.6 Å². The largest absolute Gasteiger partial charge is 0.329 e. The third kappa shape index (κ3) is 3.25. The minimum atomic E-state index is 0.342. The van der Waals surface area contributed by atoms with Crippen molar-refractivity contribution >= 4 is 0 Å². The quantitative estimate of drug-likeness (QED) is 0.779. The molecular formula is C15H31N3. The van der Waals surface area contributed by atoms with Gasteiger partial charge in [0.15, 0.2) is 0 Å². The van der Waals surface area contributed by atoms with E-state index in [4.69, 9.17) is 5.73 Å². The molecule has 106 valence electrons. The molecule has 18 heavy (non-hydrogen) atoms. The van der Waals surface area contributed by atoms with Crippen LogP contribution in [-0.4, -0.2) is 54.6 Å². The van der Waals surface area contributed by atoms with Crippen LogP contribution in [0.4, 0.5) is 0 Å². The fourth-order valence-corrected chi connectivity index (χ4v) is 3.80. The summed E-state index contributed by atoms with van der Waals surface area (Å²) in [5, 5.41) is 0. The average molecular weight is 253 g/mol. The van der Waals surface area contributed by atoms with Crippen LogP contribution in [0.25, 0.3) is 0 Å². The molecule has 0 bridgehead atoms. The Morgan fingerprint density at radius 2 is 1.56 bits per heavy atom. The summed E-state index contributed by atoms with van der Waals surface area (Å²) >= 11 is 0. The van der Waals surface area contributed by atoms with Gasteiger partial charge in [0.1, 0.15) is 0 Å². The third-order valence-electron chi connectivity index (χ3n) is 5.00. The summed E-state index contributed by atoms with van der Waals surface area (Å²) in [4.78, 5) is 5.34. The van der Waals surface area contributed by atoms with E-state index in [1.807, 2.05) is 0 Å². The normalized spacial score (nSPS) is 27.0. The Labute approximate surface area is 113 Å². The van der Waals surface area contributed by atoms with E-state index in [1.54, 1.807) is 0 Å². The average Bonchev–Trinajstić information content (AvgIpc) is 2.66. The molecule has 0 amide bonds. The predicted molar refractivity (Wildman–Crippen MR) is 77.8 cm³/mol. The van der Waals surface area contributed by atoms with E-state index >= 15 is 0 Å². The number of hydrogen-bond donors (Lipinski definition) is 1. The van der Waals surface area contributed by atoms with Gasteiger partial charge < -0.3 is 10.6 Å². The zero-order valence-electron chi connectivity index (χ0n) is 12.2. The first kappa shape index (κ1) is 14.3. The second kappa shape index (κ2) is 6.88. The lowest BCUT2D eigenvalue weighted by molar-refractivity contribution is 0.0264. The Bertz CT molecular complexity index is 226. The molecule has 0 aromatic carbocycles. The minimum Gasteiger partial charge on any atom is -0.329 e. The predicted octanol–water partition coefficient (Wildman–Crippen LogP) is 2.07. The molecule has 2 rings (SSSR count). The summed E-state index contributed by atoms with van der Waals surface area (Å²) < 4.78 is 0. The van der Waals surface area contributed by atoms with Gasteiger partial charge in [-0.2, -0.15) is 0 Å². The lowest BCUT2D eigenvalue weighted by atomic mass is 9.87. The summed E-state index contributed by atoms with van der Waals surface area (Å²) in [7, 11) is 0. The molecular weight excluding hydrogens is 222 g/mol. The zero-order chi connectivity index (χ0) is 12.8. The van der Waals surface area contributed by atoms with E-state index in [-0.39, 0.29) is 0 Å². The van der Waals surface area contributed by atoms with Crippen molar-refractivity contribution in [2.75, 3.05) is 39.3 Å². The van der Waals surface area contributed by atoms with Crippen molar-refractivity contribution < 1.29 is 0 Å². The summed E-state index contributed by atoms with van der Waals surface area (Å²) in [5.74, 6) is 0. The smallest absolute Gasteiger partial charge is 0.0332 e. The minimum absolute atomic E-state index is 0.342. The first-order chi connectivity index (χ1) is 8.80. The van der Waals surface area contributed by atoms with Crippen LogP contribution in [0.5, 0.6) is 0 Å². The van der Waals surface area contributed by atoms with Gasteiger partial charge >= 0.3 is 0 Å². The van der Waals surface area contributed by atoms with E-state index in [1.165, 1.54) is 77.7 Å². The molecule has 0 unspecified atom stereocenters. The maximum Gasteiger partial charge on any atom is 0.0332 e. The fourth-order valence-electron chi connectivity index (χ4n) is 3.80. The van der Waals surface area contributed by atoms with Crippen LogP contribution in [0.1, 0.15) is 51.9 Å². The Morgan fingerprint density at radius 1 is 0.944 bits per heavy atom. The van der Waals surface area contributed by atoms with Crippen molar-refractivity contribution in [2.45, 2.75) is 57.4 Å². The Morgan fingerprint density at radius 3 is 2.06 bits per heavy atom. The summed E-state index contributed by atoms with van der Waals surface area (Å²) in [6.45, 7) is 9.36.